The van der Waals surface area contributed by atoms with Gasteiger partial charge in [0, 0.05) is 6.42 Å². The number of carbonyl (C=O) groups excluding carboxylic acids is 3. The molecule has 0 spiro atoms. The molecule has 12 nitrogen and oxygen atoms in total. The van der Waals surface area contributed by atoms with E-state index >= 15 is 0 Å². The van der Waals surface area contributed by atoms with Crippen LogP contribution in [0, 0.1) is 16.7 Å². The minimum Gasteiger partial charge on any atom is -0.478 e. The lowest BCUT2D eigenvalue weighted by molar-refractivity contribution is -0.166. The van der Waals surface area contributed by atoms with E-state index in [2.05, 4.69) is 0 Å². The molecule has 0 aliphatic heterocycles. The van der Waals surface area contributed by atoms with Crippen LogP contribution >= 0.6 is 0 Å². The number of rotatable bonds is 9. The lowest BCUT2D eigenvalue weighted by Gasteiger charge is -2.35. The number of benzene rings is 2. The Hall–Kier alpha value is -4.10. The molecule has 0 saturated heterocycles. The average Bonchev–Trinajstić information content (AvgIpc) is 3.25. The summed E-state index contributed by atoms with van der Waals surface area (Å²) in [5.41, 5.74) is -1.07. The van der Waals surface area contributed by atoms with Gasteiger partial charge in [0.2, 0.25) is 12.2 Å². The van der Waals surface area contributed by atoms with Crippen LogP contribution in [0.3, 0.4) is 0 Å². The molecule has 4 atom stereocenters. The molecule has 13 heteroatoms. The molecule has 0 aromatic heterocycles. The zero-order chi connectivity index (χ0) is 30.6. The maximum atomic E-state index is 12.0. The first-order chi connectivity index (χ1) is 19.1. The molecule has 2 aliphatic carbocycles. The predicted octanol–water partition coefficient (Wildman–Crippen LogP) is 2.88. The molecule has 2 saturated carbocycles. The van der Waals surface area contributed by atoms with Crippen LogP contribution in [0.1, 0.15) is 53.8 Å². The van der Waals surface area contributed by atoms with Gasteiger partial charge in [-0.1, -0.05) is 50.2 Å². The van der Waals surface area contributed by atoms with Crippen molar-refractivity contribution in [2.24, 2.45) is 16.7 Å². The van der Waals surface area contributed by atoms with Crippen LogP contribution in [0.2, 0.25) is 0 Å². The van der Waals surface area contributed by atoms with Crippen molar-refractivity contribution in [3.63, 3.8) is 0 Å². The quantitative estimate of drug-likeness (QED) is 0.285. The van der Waals surface area contributed by atoms with E-state index in [4.69, 9.17) is 14.0 Å². The summed E-state index contributed by atoms with van der Waals surface area (Å²) in [4.78, 5) is 58.7. The fourth-order valence-electron chi connectivity index (χ4n) is 5.42. The van der Waals surface area contributed by atoms with Gasteiger partial charge in [0.1, 0.15) is 5.78 Å². The van der Waals surface area contributed by atoms with E-state index in [0.717, 1.165) is 6.42 Å². The van der Waals surface area contributed by atoms with Crippen molar-refractivity contribution in [3.05, 3.63) is 71.8 Å². The van der Waals surface area contributed by atoms with E-state index in [1.807, 2.05) is 13.8 Å². The fraction of sp³-hybridized carbons (Fsp3) is 0.393. The maximum absolute atomic E-state index is 12.0. The second-order valence-corrected chi connectivity index (χ2v) is 11.9. The first-order valence-corrected chi connectivity index (χ1v) is 14.2. The Morgan fingerprint density at radius 1 is 0.854 bits per heavy atom. The molecule has 2 aromatic rings. The first kappa shape index (κ1) is 31.4. The molecule has 2 fully saturated rings. The summed E-state index contributed by atoms with van der Waals surface area (Å²) in [6, 6.07) is 14.8. The lowest BCUT2D eigenvalue weighted by Crippen LogP contribution is -2.45. The van der Waals surface area contributed by atoms with E-state index in [9.17, 15) is 42.6 Å². The van der Waals surface area contributed by atoms with Gasteiger partial charge in [0.05, 0.1) is 22.3 Å². The number of aliphatic carboxylic acids is 2. The Kier molecular flexibility index (Phi) is 9.34. The Labute approximate surface area is 236 Å². The van der Waals surface area contributed by atoms with E-state index in [-0.39, 0.29) is 28.2 Å². The lowest BCUT2D eigenvalue weighted by atomic mass is 9.70. The molecule has 4 rings (SSSR count). The van der Waals surface area contributed by atoms with Gasteiger partial charge in [0.15, 0.2) is 0 Å². The second kappa shape index (κ2) is 12.2. The van der Waals surface area contributed by atoms with E-state index in [0.29, 0.717) is 12.8 Å². The van der Waals surface area contributed by atoms with Gasteiger partial charge in [-0.15, -0.1) is 0 Å². The Morgan fingerprint density at radius 3 is 1.56 bits per heavy atom. The van der Waals surface area contributed by atoms with Crippen molar-refractivity contribution in [1.82, 2.24) is 0 Å². The maximum Gasteiger partial charge on any atom is 0.349 e. The van der Waals surface area contributed by atoms with Gasteiger partial charge < -0.3 is 19.7 Å². The van der Waals surface area contributed by atoms with Gasteiger partial charge in [-0.05, 0) is 48.4 Å². The molecule has 2 aliphatic rings. The van der Waals surface area contributed by atoms with Gasteiger partial charge >= 0.3 is 23.9 Å². The molecular weight excluding hydrogens is 560 g/mol. The third-order valence-electron chi connectivity index (χ3n) is 7.82. The smallest absolute Gasteiger partial charge is 0.349 e. The summed E-state index contributed by atoms with van der Waals surface area (Å²) < 4.78 is 40.5. The van der Waals surface area contributed by atoms with Crippen molar-refractivity contribution < 1.29 is 56.6 Å². The number of Topliss-reactive ketones (excluding diaryl/α,β-unsaturated/α-hetero) is 1. The second-order valence-electron chi connectivity index (χ2n) is 10.5. The molecule has 41 heavy (non-hydrogen) atoms. The highest BCUT2D eigenvalue weighted by atomic mass is 32.2. The molecular formula is C28H30O12S. The van der Waals surface area contributed by atoms with Crippen molar-refractivity contribution in [1.29, 1.82) is 0 Å². The summed E-state index contributed by atoms with van der Waals surface area (Å²) in [6.45, 7) is 3.89. The largest absolute Gasteiger partial charge is 0.478 e. The van der Waals surface area contributed by atoms with Gasteiger partial charge in [-0.3, -0.25) is 9.35 Å². The molecule has 0 radical (unpaired) electrons. The molecule has 4 unspecified atom stereocenters. The minimum absolute atomic E-state index is 0.0152. The summed E-state index contributed by atoms with van der Waals surface area (Å²) in [6.07, 6.45) is -2.46. The Morgan fingerprint density at radius 2 is 1.27 bits per heavy atom. The van der Waals surface area contributed by atoms with E-state index in [1.165, 1.54) is 48.5 Å². The van der Waals surface area contributed by atoms with Crippen molar-refractivity contribution in [2.75, 3.05) is 5.75 Å². The summed E-state index contributed by atoms with van der Waals surface area (Å²) >= 11 is 0. The number of hydrogen-bond acceptors (Lipinski definition) is 9. The number of carboxylic acid groups (broad SMARTS) is 2. The number of ether oxygens (including phenoxy) is 2. The molecule has 2 bridgehead atoms. The minimum atomic E-state index is -4.08. The number of hydrogen-bond donors (Lipinski definition) is 3. The normalized spacial score (nSPS) is 22.0. The number of fused-ring (bicyclic) bond motifs is 2. The Bertz CT molecular complexity index is 1350. The molecule has 3 N–H and O–H groups in total. The summed E-state index contributed by atoms with van der Waals surface area (Å²) in [5, 5.41) is 18.5. The fourth-order valence-corrected chi connectivity index (χ4v) is 6.72. The van der Waals surface area contributed by atoms with Crippen molar-refractivity contribution in [2.45, 2.75) is 45.3 Å². The van der Waals surface area contributed by atoms with Crippen molar-refractivity contribution in [3.8, 4) is 0 Å². The van der Waals surface area contributed by atoms with Crippen molar-refractivity contribution >= 4 is 39.8 Å². The highest BCUT2D eigenvalue weighted by Crippen LogP contribution is 2.64. The topological polar surface area (TPSA) is 199 Å². The number of esters is 2. The van der Waals surface area contributed by atoms with Crippen LogP contribution in [0.4, 0.5) is 0 Å². The van der Waals surface area contributed by atoms with Gasteiger partial charge in [-0.25, -0.2) is 19.2 Å². The molecule has 220 valence electrons. The van der Waals surface area contributed by atoms with E-state index in [1.54, 1.807) is 12.1 Å². The Balaban J connectivity index is 0.000000260. The zero-order valence-corrected chi connectivity index (χ0v) is 23.1. The molecule has 0 heterocycles. The van der Waals surface area contributed by atoms with Crippen LogP contribution in [-0.2, 0) is 34.0 Å². The molecule has 0 amide bonds. The highest BCUT2D eigenvalue weighted by Gasteiger charge is 2.65. The summed E-state index contributed by atoms with van der Waals surface area (Å²) in [5.74, 6) is -5.74. The van der Waals surface area contributed by atoms with Crippen LogP contribution in [-0.4, -0.2) is 70.8 Å². The van der Waals surface area contributed by atoms with Crippen LogP contribution < -0.4 is 0 Å². The van der Waals surface area contributed by atoms with E-state index < -0.39 is 57.4 Å². The summed E-state index contributed by atoms with van der Waals surface area (Å²) in [7, 11) is -4.08. The third-order valence-corrected chi connectivity index (χ3v) is 8.67. The predicted molar refractivity (Wildman–Crippen MR) is 142 cm³/mol. The SMILES string of the molecule is CC1(C)C2CCC1(CS(=O)(=O)O)C(=O)C2.O=C(OC(C(=O)O)C(OC(=O)c1ccccc1)C(=O)O)c1ccccc1. The molecule has 2 aromatic carbocycles. The standard InChI is InChI=1S/C18H14O8.C10H16O4S/c19-15(20)13(25-17(23)11-7-3-1-4-8-11)14(16(21)22)26-18(24)12-9-5-2-6-10-12;1-9(2)7-3-4-10(9,8(11)5-7)6-15(12,13)14/h1-10,13-14H,(H,19,20)(H,21,22);7H,3-6H2,1-2H3,(H,12,13,14). The van der Waals surface area contributed by atoms with Crippen LogP contribution in [0.15, 0.2) is 60.7 Å². The average molecular weight is 591 g/mol. The monoisotopic (exact) mass is 590 g/mol. The van der Waals surface area contributed by atoms with Crippen LogP contribution in [0.25, 0.3) is 0 Å². The van der Waals surface area contributed by atoms with Gasteiger partial charge in [-0.2, -0.15) is 8.42 Å². The first-order valence-electron chi connectivity index (χ1n) is 12.5. The van der Waals surface area contributed by atoms with Gasteiger partial charge in [0.25, 0.3) is 10.1 Å². The zero-order valence-electron chi connectivity index (χ0n) is 22.3. The number of carboxylic acids is 2. The number of carbonyl (C=O) groups is 5. The number of ketones is 1. The third kappa shape index (κ3) is 6.98. The highest BCUT2D eigenvalue weighted by molar-refractivity contribution is 7.85. The van der Waals surface area contributed by atoms with Crippen LogP contribution in [0.5, 0.6) is 0 Å².